The molecule has 0 aliphatic carbocycles. The van der Waals surface area contributed by atoms with E-state index in [1.165, 1.54) is 0 Å². The van der Waals surface area contributed by atoms with E-state index in [1.54, 1.807) is 6.21 Å². The van der Waals surface area contributed by atoms with Gasteiger partial charge in [0, 0.05) is 25.5 Å². The van der Waals surface area contributed by atoms with E-state index in [2.05, 4.69) is 9.89 Å². The van der Waals surface area contributed by atoms with Crippen molar-refractivity contribution in [2.24, 2.45) is 4.99 Å². The molecule has 0 aromatic carbocycles. The molecule has 1 atom stereocenters. The summed E-state index contributed by atoms with van der Waals surface area (Å²) in [4.78, 5) is 19.6. The lowest BCUT2D eigenvalue weighted by atomic mass is 10.1. The normalized spacial score (nSPS) is 23.7. The Bertz CT molecular complexity index is 355. The van der Waals surface area contributed by atoms with Gasteiger partial charge in [0.05, 0.1) is 0 Å². The molecule has 15 heavy (non-hydrogen) atoms. The fraction of sp³-hybridized carbons (Fsp3) is 0.455. The van der Waals surface area contributed by atoms with E-state index in [9.17, 15) is 4.79 Å². The Labute approximate surface area is 89.6 Å². The molecule has 0 fully saturated rings. The number of allylic oxidation sites excluding steroid dienone is 1. The van der Waals surface area contributed by atoms with Crippen LogP contribution in [0.25, 0.3) is 0 Å². The van der Waals surface area contributed by atoms with Crippen LogP contribution in [0.4, 0.5) is 0 Å². The zero-order valence-corrected chi connectivity index (χ0v) is 9.05. The van der Waals surface area contributed by atoms with Crippen LogP contribution in [0.2, 0.25) is 0 Å². The van der Waals surface area contributed by atoms with Crippen LogP contribution in [0.3, 0.4) is 0 Å². The molecular weight excluding hydrogens is 190 g/mol. The van der Waals surface area contributed by atoms with Crippen LogP contribution >= 0.6 is 0 Å². The van der Waals surface area contributed by atoms with Crippen molar-refractivity contribution >= 4 is 12.1 Å². The summed E-state index contributed by atoms with van der Waals surface area (Å²) in [5, 5.41) is 0. The van der Waals surface area contributed by atoms with Crippen LogP contribution in [-0.2, 0) is 4.79 Å². The topological polar surface area (TPSA) is 35.9 Å². The van der Waals surface area contributed by atoms with Gasteiger partial charge in [-0.1, -0.05) is 0 Å². The Morgan fingerprint density at radius 1 is 1.53 bits per heavy atom. The molecule has 1 unspecified atom stereocenters. The van der Waals surface area contributed by atoms with Crippen molar-refractivity contribution in [3.8, 4) is 0 Å². The number of aliphatic imine (C=N–C) groups is 1. The van der Waals surface area contributed by atoms with Crippen molar-refractivity contribution in [3.63, 3.8) is 0 Å². The van der Waals surface area contributed by atoms with Gasteiger partial charge in [-0.15, -0.1) is 0 Å². The monoisotopic (exact) mass is 205 g/mol. The molecule has 4 heteroatoms. The van der Waals surface area contributed by atoms with Crippen molar-refractivity contribution in [1.82, 2.24) is 9.80 Å². The molecule has 0 spiro atoms. The number of rotatable bonds is 3. The van der Waals surface area contributed by atoms with E-state index in [4.69, 9.17) is 0 Å². The number of amides is 1. The standard InChI is InChI=1S/C11H15N3O/c1-13(2)7-8-14-6-4-9-3-5-12-11(15)10(9)14/h3-6,10H,7-8H2,1-2H3. The van der Waals surface area contributed by atoms with Crippen LogP contribution in [0.15, 0.2) is 28.9 Å². The van der Waals surface area contributed by atoms with Gasteiger partial charge >= 0.3 is 0 Å². The number of fused-ring (bicyclic) bond motifs is 1. The zero-order chi connectivity index (χ0) is 10.8. The molecule has 2 rings (SSSR count). The second-order valence-electron chi connectivity index (χ2n) is 4.04. The van der Waals surface area contributed by atoms with E-state index in [1.807, 2.05) is 37.3 Å². The molecular formula is C11H15N3O. The molecule has 2 heterocycles. The smallest absolute Gasteiger partial charge is 0.272 e. The first kappa shape index (κ1) is 10.1. The molecule has 0 radical (unpaired) electrons. The first-order chi connectivity index (χ1) is 7.18. The maximum atomic E-state index is 11.6. The molecule has 2 aliphatic heterocycles. The number of dihydropyridines is 1. The molecule has 2 aliphatic rings. The van der Waals surface area contributed by atoms with Crippen molar-refractivity contribution < 1.29 is 4.79 Å². The first-order valence-electron chi connectivity index (χ1n) is 5.05. The summed E-state index contributed by atoms with van der Waals surface area (Å²) in [7, 11) is 4.05. The number of likely N-dealkylation sites (N-methyl/N-ethyl adjacent to an activating group) is 1. The van der Waals surface area contributed by atoms with Gasteiger partial charge in [-0.05, 0) is 31.8 Å². The van der Waals surface area contributed by atoms with Crippen molar-refractivity contribution in [3.05, 3.63) is 23.9 Å². The maximum absolute atomic E-state index is 11.6. The van der Waals surface area contributed by atoms with E-state index in [-0.39, 0.29) is 11.9 Å². The van der Waals surface area contributed by atoms with Gasteiger partial charge in [0.2, 0.25) is 0 Å². The van der Waals surface area contributed by atoms with Crippen molar-refractivity contribution in [1.29, 1.82) is 0 Å². The lowest BCUT2D eigenvalue weighted by Crippen LogP contribution is -2.39. The highest BCUT2D eigenvalue weighted by molar-refractivity contribution is 5.99. The lowest BCUT2D eigenvalue weighted by molar-refractivity contribution is -0.120. The summed E-state index contributed by atoms with van der Waals surface area (Å²) in [5.74, 6) is -0.0590. The molecule has 0 saturated heterocycles. The minimum Gasteiger partial charge on any atom is -0.361 e. The Hall–Kier alpha value is -1.42. The summed E-state index contributed by atoms with van der Waals surface area (Å²) in [5.41, 5.74) is 1.05. The Morgan fingerprint density at radius 2 is 2.33 bits per heavy atom. The Kier molecular flexibility index (Phi) is 2.68. The number of hydrogen-bond acceptors (Lipinski definition) is 3. The van der Waals surface area contributed by atoms with Crippen LogP contribution in [0.1, 0.15) is 0 Å². The molecule has 0 aromatic heterocycles. The van der Waals surface area contributed by atoms with Crippen LogP contribution in [-0.4, -0.2) is 55.1 Å². The van der Waals surface area contributed by atoms with Gasteiger partial charge in [0.25, 0.3) is 5.91 Å². The van der Waals surface area contributed by atoms with Gasteiger partial charge in [-0.25, -0.2) is 4.99 Å². The van der Waals surface area contributed by atoms with Crippen molar-refractivity contribution in [2.75, 3.05) is 27.2 Å². The minimum atomic E-state index is -0.171. The predicted molar refractivity (Wildman–Crippen MR) is 59.8 cm³/mol. The highest BCUT2D eigenvalue weighted by Gasteiger charge is 2.31. The highest BCUT2D eigenvalue weighted by atomic mass is 16.1. The van der Waals surface area contributed by atoms with Gasteiger partial charge in [-0.2, -0.15) is 0 Å². The van der Waals surface area contributed by atoms with Gasteiger partial charge in [-0.3, -0.25) is 4.79 Å². The Morgan fingerprint density at radius 3 is 3.07 bits per heavy atom. The minimum absolute atomic E-state index is 0.0590. The summed E-state index contributed by atoms with van der Waals surface area (Å²) < 4.78 is 0. The van der Waals surface area contributed by atoms with E-state index < -0.39 is 0 Å². The average Bonchev–Trinajstić information content (AvgIpc) is 2.59. The largest absolute Gasteiger partial charge is 0.361 e. The second kappa shape index (κ2) is 3.98. The number of nitrogens with zero attached hydrogens (tertiary/aromatic N) is 3. The van der Waals surface area contributed by atoms with E-state index in [0.717, 1.165) is 18.7 Å². The van der Waals surface area contributed by atoms with Crippen molar-refractivity contribution in [2.45, 2.75) is 6.04 Å². The van der Waals surface area contributed by atoms with Gasteiger partial charge < -0.3 is 9.80 Å². The SMILES string of the molecule is CN(C)CCN1C=CC2=CC=NC(=O)C21. The molecule has 4 nitrogen and oxygen atoms in total. The third-order valence-electron chi connectivity index (χ3n) is 2.61. The van der Waals surface area contributed by atoms with Gasteiger partial charge in [0.1, 0.15) is 6.04 Å². The third kappa shape index (κ3) is 1.99. The quantitative estimate of drug-likeness (QED) is 0.664. The molecule has 80 valence electrons. The number of hydrogen-bond donors (Lipinski definition) is 0. The highest BCUT2D eigenvalue weighted by Crippen LogP contribution is 2.23. The third-order valence-corrected chi connectivity index (χ3v) is 2.61. The Balaban J connectivity index is 2.04. The fourth-order valence-corrected chi connectivity index (χ4v) is 1.77. The molecule has 0 bridgehead atoms. The zero-order valence-electron chi connectivity index (χ0n) is 9.05. The van der Waals surface area contributed by atoms with E-state index in [0.29, 0.717) is 0 Å². The fourth-order valence-electron chi connectivity index (χ4n) is 1.77. The first-order valence-corrected chi connectivity index (χ1v) is 5.05. The molecule has 0 saturated carbocycles. The molecule has 1 amide bonds. The lowest BCUT2D eigenvalue weighted by Gasteiger charge is -2.26. The number of carbonyl (C=O) groups excluding carboxylic acids is 1. The average molecular weight is 205 g/mol. The van der Waals surface area contributed by atoms with Gasteiger partial charge in [0.15, 0.2) is 0 Å². The summed E-state index contributed by atoms with van der Waals surface area (Å²) >= 11 is 0. The summed E-state index contributed by atoms with van der Waals surface area (Å²) in [6.45, 7) is 1.79. The predicted octanol–water partition coefficient (Wildman–Crippen LogP) is 0.283. The molecule has 0 N–H and O–H groups in total. The number of carbonyl (C=O) groups is 1. The molecule has 0 aromatic rings. The summed E-state index contributed by atoms with van der Waals surface area (Å²) in [6.07, 6.45) is 7.45. The van der Waals surface area contributed by atoms with Crippen LogP contribution in [0, 0.1) is 0 Å². The summed E-state index contributed by atoms with van der Waals surface area (Å²) in [6, 6.07) is -0.171. The van der Waals surface area contributed by atoms with Crippen LogP contribution in [0.5, 0.6) is 0 Å². The maximum Gasteiger partial charge on any atom is 0.272 e. The van der Waals surface area contributed by atoms with E-state index >= 15 is 0 Å². The van der Waals surface area contributed by atoms with Crippen LogP contribution < -0.4 is 0 Å². The second-order valence-corrected chi connectivity index (χ2v) is 4.04.